The minimum Gasteiger partial charge on any atom is -0.275 e. The van der Waals surface area contributed by atoms with Crippen LogP contribution in [0.1, 0.15) is 24.1 Å². The van der Waals surface area contributed by atoms with Crippen LogP contribution in [0.5, 0.6) is 0 Å². The number of pyridine rings is 1. The molecule has 2 heterocycles. The Balaban J connectivity index is 2.02. The van der Waals surface area contributed by atoms with E-state index in [-0.39, 0.29) is 0 Å². The molecule has 0 bridgehead atoms. The van der Waals surface area contributed by atoms with E-state index in [2.05, 4.69) is 17.2 Å². The number of nitrogens with zero attached hydrogens (tertiary/aromatic N) is 3. The van der Waals surface area contributed by atoms with Crippen molar-refractivity contribution >= 4 is 0 Å². The molecule has 0 N–H and O–H groups in total. The Labute approximate surface area is 95.1 Å². The first-order chi connectivity index (χ1) is 7.83. The van der Waals surface area contributed by atoms with Crippen molar-refractivity contribution in [1.29, 1.82) is 0 Å². The first-order valence-corrected chi connectivity index (χ1v) is 5.82. The molecule has 0 aliphatic heterocycles. The number of hydrogen-bond donors (Lipinski definition) is 0. The normalized spacial score (nSPS) is 14.8. The SMILES string of the molecule is Cn1ccc(-c2ccc3c(n2)CCCC3)n1. The Morgan fingerprint density at radius 1 is 1.06 bits per heavy atom. The summed E-state index contributed by atoms with van der Waals surface area (Å²) in [4.78, 5) is 4.72. The van der Waals surface area contributed by atoms with Gasteiger partial charge in [0.05, 0.1) is 5.69 Å². The summed E-state index contributed by atoms with van der Waals surface area (Å²) in [5.74, 6) is 0. The summed E-state index contributed by atoms with van der Waals surface area (Å²) in [5, 5.41) is 4.38. The van der Waals surface area contributed by atoms with Crippen LogP contribution in [0.15, 0.2) is 24.4 Å². The molecule has 3 nitrogen and oxygen atoms in total. The van der Waals surface area contributed by atoms with Crippen LogP contribution in [0, 0.1) is 0 Å². The molecule has 0 unspecified atom stereocenters. The van der Waals surface area contributed by atoms with Gasteiger partial charge in [0.25, 0.3) is 0 Å². The van der Waals surface area contributed by atoms with Crippen LogP contribution in [-0.4, -0.2) is 14.8 Å². The lowest BCUT2D eigenvalue weighted by molar-refractivity contribution is 0.668. The average Bonchev–Trinajstić information content (AvgIpc) is 2.75. The van der Waals surface area contributed by atoms with Crippen LogP contribution in [0.3, 0.4) is 0 Å². The molecule has 0 aromatic carbocycles. The highest BCUT2D eigenvalue weighted by molar-refractivity contribution is 5.54. The zero-order valence-corrected chi connectivity index (χ0v) is 9.48. The van der Waals surface area contributed by atoms with Crippen molar-refractivity contribution in [3.05, 3.63) is 35.7 Å². The maximum atomic E-state index is 4.72. The molecule has 0 saturated heterocycles. The first kappa shape index (κ1) is 9.58. The highest BCUT2D eigenvalue weighted by Gasteiger charge is 2.12. The largest absolute Gasteiger partial charge is 0.275 e. The van der Waals surface area contributed by atoms with Gasteiger partial charge in [0.2, 0.25) is 0 Å². The zero-order valence-electron chi connectivity index (χ0n) is 9.48. The molecule has 1 aliphatic carbocycles. The fourth-order valence-electron chi connectivity index (χ4n) is 2.28. The monoisotopic (exact) mass is 213 g/mol. The third-order valence-electron chi connectivity index (χ3n) is 3.15. The Morgan fingerprint density at radius 3 is 2.75 bits per heavy atom. The van der Waals surface area contributed by atoms with Gasteiger partial charge in [-0.2, -0.15) is 5.10 Å². The predicted octanol–water partition coefficient (Wildman–Crippen LogP) is 2.36. The lowest BCUT2D eigenvalue weighted by Crippen LogP contribution is -2.05. The molecule has 3 rings (SSSR count). The topological polar surface area (TPSA) is 30.7 Å². The van der Waals surface area contributed by atoms with Crippen molar-refractivity contribution in [1.82, 2.24) is 14.8 Å². The molecule has 2 aromatic heterocycles. The summed E-state index contributed by atoms with van der Waals surface area (Å²) < 4.78 is 1.82. The van der Waals surface area contributed by atoms with E-state index in [9.17, 15) is 0 Å². The van der Waals surface area contributed by atoms with Gasteiger partial charge in [-0.15, -0.1) is 0 Å². The van der Waals surface area contributed by atoms with E-state index < -0.39 is 0 Å². The molecule has 16 heavy (non-hydrogen) atoms. The Kier molecular flexibility index (Phi) is 2.24. The second kappa shape index (κ2) is 3.74. The van der Waals surface area contributed by atoms with Crippen molar-refractivity contribution in [3.8, 4) is 11.4 Å². The van der Waals surface area contributed by atoms with Gasteiger partial charge in [-0.1, -0.05) is 6.07 Å². The summed E-state index contributed by atoms with van der Waals surface area (Å²) >= 11 is 0. The molecule has 0 fully saturated rings. The third kappa shape index (κ3) is 1.62. The van der Waals surface area contributed by atoms with Crippen molar-refractivity contribution in [3.63, 3.8) is 0 Å². The van der Waals surface area contributed by atoms with Gasteiger partial charge < -0.3 is 0 Å². The first-order valence-electron chi connectivity index (χ1n) is 5.82. The van der Waals surface area contributed by atoms with E-state index in [1.54, 1.807) is 0 Å². The smallest absolute Gasteiger partial charge is 0.111 e. The van der Waals surface area contributed by atoms with Gasteiger partial charge >= 0.3 is 0 Å². The van der Waals surface area contributed by atoms with Crippen LogP contribution in [0.2, 0.25) is 0 Å². The van der Waals surface area contributed by atoms with Crippen LogP contribution in [0.25, 0.3) is 11.4 Å². The van der Waals surface area contributed by atoms with Crippen LogP contribution >= 0.6 is 0 Å². The van der Waals surface area contributed by atoms with Crippen molar-refractivity contribution in [2.45, 2.75) is 25.7 Å². The average molecular weight is 213 g/mol. The molecule has 2 aromatic rings. The Hall–Kier alpha value is -1.64. The van der Waals surface area contributed by atoms with E-state index in [4.69, 9.17) is 4.98 Å². The maximum absolute atomic E-state index is 4.72. The number of aromatic nitrogens is 3. The minimum atomic E-state index is 0.968. The molecular weight excluding hydrogens is 198 g/mol. The van der Waals surface area contributed by atoms with E-state index in [1.807, 2.05) is 24.0 Å². The van der Waals surface area contributed by atoms with Crippen LogP contribution < -0.4 is 0 Å². The Bertz CT molecular complexity index is 514. The summed E-state index contributed by atoms with van der Waals surface area (Å²) in [6, 6.07) is 6.32. The lowest BCUT2D eigenvalue weighted by Gasteiger charge is -2.14. The summed E-state index contributed by atoms with van der Waals surface area (Å²) in [6.07, 6.45) is 6.83. The molecule has 1 aliphatic rings. The number of hydrogen-bond acceptors (Lipinski definition) is 2. The second-order valence-electron chi connectivity index (χ2n) is 4.38. The highest BCUT2D eigenvalue weighted by atomic mass is 15.2. The summed E-state index contributed by atoms with van der Waals surface area (Å²) in [7, 11) is 1.93. The van der Waals surface area contributed by atoms with Crippen molar-refractivity contribution in [2.75, 3.05) is 0 Å². The summed E-state index contributed by atoms with van der Waals surface area (Å²) in [6.45, 7) is 0. The molecular formula is C13H15N3. The van der Waals surface area contributed by atoms with Gasteiger partial charge in [0.1, 0.15) is 5.69 Å². The van der Waals surface area contributed by atoms with E-state index in [0.717, 1.165) is 17.8 Å². The van der Waals surface area contributed by atoms with E-state index >= 15 is 0 Å². The molecule has 0 atom stereocenters. The van der Waals surface area contributed by atoms with E-state index in [0.29, 0.717) is 0 Å². The van der Waals surface area contributed by atoms with E-state index in [1.165, 1.54) is 30.5 Å². The highest BCUT2D eigenvalue weighted by Crippen LogP contribution is 2.23. The predicted molar refractivity (Wildman–Crippen MR) is 63.1 cm³/mol. The zero-order chi connectivity index (χ0) is 11.0. The lowest BCUT2D eigenvalue weighted by atomic mass is 9.96. The molecule has 3 heteroatoms. The standard InChI is InChI=1S/C13H15N3/c1-16-9-8-13(15-16)12-7-6-10-4-2-3-5-11(10)14-12/h6-9H,2-5H2,1H3. The molecule has 82 valence electrons. The van der Waals surface area contributed by atoms with Crippen LogP contribution in [0.4, 0.5) is 0 Å². The fraction of sp³-hybridized carbons (Fsp3) is 0.385. The minimum absolute atomic E-state index is 0.968. The van der Waals surface area contributed by atoms with Crippen molar-refractivity contribution in [2.24, 2.45) is 7.05 Å². The molecule has 0 saturated carbocycles. The van der Waals surface area contributed by atoms with Gasteiger partial charge in [0, 0.05) is 18.9 Å². The second-order valence-corrected chi connectivity index (χ2v) is 4.38. The molecule has 0 spiro atoms. The maximum Gasteiger partial charge on any atom is 0.111 e. The Morgan fingerprint density at radius 2 is 1.94 bits per heavy atom. The van der Waals surface area contributed by atoms with Gasteiger partial charge in [-0.05, 0) is 43.4 Å². The van der Waals surface area contributed by atoms with Gasteiger partial charge in [-0.25, -0.2) is 0 Å². The number of fused-ring (bicyclic) bond motifs is 1. The fourth-order valence-corrected chi connectivity index (χ4v) is 2.28. The van der Waals surface area contributed by atoms with Crippen molar-refractivity contribution < 1.29 is 0 Å². The van der Waals surface area contributed by atoms with Gasteiger partial charge in [-0.3, -0.25) is 9.67 Å². The number of aryl methyl sites for hydroxylation is 3. The third-order valence-corrected chi connectivity index (χ3v) is 3.15. The molecule has 0 amide bonds. The summed E-state index contributed by atoms with van der Waals surface area (Å²) in [5.41, 5.74) is 4.66. The quantitative estimate of drug-likeness (QED) is 0.728. The van der Waals surface area contributed by atoms with Crippen LogP contribution in [-0.2, 0) is 19.9 Å². The van der Waals surface area contributed by atoms with Gasteiger partial charge in [0.15, 0.2) is 0 Å². The molecule has 0 radical (unpaired) electrons. The number of rotatable bonds is 1.